The largest absolute Gasteiger partial charge is 0.494 e. The molecule has 4 nitrogen and oxygen atoms in total. The molecule has 3 N–H and O–H groups in total. The number of para-hydroxylation sites is 1. The molecule has 0 aliphatic heterocycles. The molecule has 1 amide bonds. The van der Waals surface area contributed by atoms with Gasteiger partial charge in [0.15, 0.2) is 5.75 Å². The van der Waals surface area contributed by atoms with Gasteiger partial charge in [0.1, 0.15) is 0 Å². The SMILES string of the molecule is COc1c(N)cccc1C(=O)Nc1c(Br)cc(C)cc1Br. The predicted molar refractivity (Wildman–Crippen MR) is 91.9 cm³/mol. The Morgan fingerprint density at radius 2 is 1.86 bits per heavy atom. The second-order valence-corrected chi connectivity index (χ2v) is 6.19. The first kappa shape index (κ1) is 15.9. The van der Waals surface area contributed by atoms with Crippen molar-refractivity contribution in [3.8, 4) is 5.75 Å². The average molecular weight is 414 g/mol. The van der Waals surface area contributed by atoms with E-state index < -0.39 is 0 Å². The highest BCUT2D eigenvalue weighted by atomic mass is 79.9. The molecule has 0 heterocycles. The van der Waals surface area contributed by atoms with E-state index in [9.17, 15) is 4.79 Å². The van der Waals surface area contributed by atoms with Crippen LogP contribution in [0.2, 0.25) is 0 Å². The maximum Gasteiger partial charge on any atom is 0.259 e. The van der Waals surface area contributed by atoms with Crippen LogP contribution in [0, 0.1) is 6.92 Å². The van der Waals surface area contributed by atoms with Gasteiger partial charge >= 0.3 is 0 Å². The summed E-state index contributed by atoms with van der Waals surface area (Å²) in [7, 11) is 1.49. The molecule has 6 heteroatoms. The van der Waals surface area contributed by atoms with Crippen LogP contribution in [0.15, 0.2) is 39.3 Å². The van der Waals surface area contributed by atoms with Crippen LogP contribution in [0.1, 0.15) is 15.9 Å². The molecule has 0 fully saturated rings. The second-order valence-electron chi connectivity index (χ2n) is 4.49. The number of nitrogens with two attached hydrogens (primary N) is 1. The summed E-state index contributed by atoms with van der Waals surface area (Å²) in [4.78, 5) is 12.4. The van der Waals surface area contributed by atoms with E-state index in [0.717, 1.165) is 14.5 Å². The van der Waals surface area contributed by atoms with E-state index in [1.807, 2.05) is 19.1 Å². The highest BCUT2D eigenvalue weighted by molar-refractivity contribution is 9.11. The third kappa shape index (κ3) is 3.39. The number of methoxy groups -OCH3 is 1. The normalized spacial score (nSPS) is 10.3. The van der Waals surface area contributed by atoms with Crippen molar-refractivity contribution >= 4 is 49.1 Å². The van der Waals surface area contributed by atoms with Gasteiger partial charge in [0.2, 0.25) is 0 Å². The maximum absolute atomic E-state index is 12.4. The third-order valence-electron chi connectivity index (χ3n) is 2.92. The molecule has 110 valence electrons. The molecule has 2 aromatic carbocycles. The minimum atomic E-state index is -0.288. The number of rotatable bonds is 3. The fourth-order valence-electron chi connectivity index (χ4n) is 1.96. The minimum Gasteiger partial charge on any atom is -0.494 e. The van der Waals surface area contributed by atoms with E-state index >= 15 is 0 Å². The highest BCUT2D eigenvalue weighted by Crippen LogP contribution is 2.34. The standard InChI is InChI=1S/C15H14Br2N2O2/c1-8-6-10(16)13(11(17)7-8)19-15(20)9-4-3-5-12(18)14(9)21-2/h3-7H,18H2,1-2H3,(H,19,20). The number of ether oxygens (including phenoxy) is 1. The summed E-state index contributed by atoms with van der Waals surface area (Å²) >= 11 is 6.90. The van der Waals surface area contributed by atoms with Gasteiger partial charge in [-0.05, 0) is 68.6 Å². The van der Waals surface area contributed by atoms with Gasteiger partial charge in [-0.15, -0.1) is 0 Å². The number of halogens is 2. The van der Waals surface area contributed by atoms with Crippen LogP contribution in [-0.2, 0) is 0 Å². The first-order valence-electron chi connectivity index (χ1n) is 6.13. The Labute approximate surface area is 139 Å². The van der Waals surface area contributed by atoms with E-state index in [1.165, 1.54) is 7.11 Å². The number of hydrogen-bond acceptors (Lipinski definition) is 3. The molecule has 0 aromatic heterocycles. The van der Waals surface area contributed by atoms with E-state index in [-0.39, 0.29) is 5.91 Å². The van der Waals surface area contributed by atoms with Gasteiger partial charge in [0, 0.05) is 8.95 Å². The number of anilines is 2. The van der Waals surface area contributed by atoms with E-state index in [4.69, 9.17) is 10.5 Å². The van der Waals surface area contributed by atoms with Gasteiger partial charge in [-0.2, -0.15) is 0 Å². The molecule has 0 aliphatic rings. The van der Waals surface area contributed by atoms with Crippen LogP contribution in [0.5, 0.6) is 5.75 Å². The molecule has 0 saturated heterocycles. The molecule has 0 spiro atoms. The van der Waals surface area contributed by atoms with Crippen LogP contribution in [0.3, 0.4) is 0 Å². The second kappa shape index (κ2) is 6.49. The van der Waals surface area contributed by atoms with Gasteiger partial charge in [-0.1, -0.05) is 6.07 Å². The summed E-state index contributed by atoms with van der Waals surface area (Å²) in [6, 6.07) is 8.92. The Morgan fingerprint density at radius 3 is 2.43 bits per heavy atom. The van der Waals surface area contributed by atoms with Crippen molar-refractivity contribution in [1.82, 2.24) is 0 Å². The maximum atomic E-state index is 12.4. The van der Waals surface area contributed by atoms with Crippen molar-refractivity contribution in [2.45, 2.75) is 6.92 Å². The summed E-state index contributed by atoms with van der Waals surface area (Å²) in [5.74, 6) is 0.0822. The molecule has 2 aromatic rings. The summed E-state index contributed by atoms with van der Waals surface area (Å²) in [5.41, 5.74) is 8.37. The topological polar surface area (TPSA) is 64.3 Å². The molecule has 2 rings (SSSR count). The van der Waals surface area contributed by atoms with Crippen LogP contribution >= 0.6 is 31.9 Å². The fraction of sp³-hybridized carbons (Fsp3) is 0.133. The first-order chi connectivity index (χ1) is 9.93. The summed E-state index contributed by atoms with van der Waals surface area (Å²) in [6.45, 7) is 1.97. The zero-order chi connectivity index (χ0) is 15.6. The number of benzene rings is 2. The number of carbonyl (C=O) groups excluding carboxylic acids is 1. The zero-order valence-corrected chi connectivity index (χ0v) is 14.7. The van der Waals surface area contributed by atoms with Crippen molar-refractivity contribution in [1.29, 1.82) is 0 Å². The monoisotopic (exact) mass is 412 g/mol. The Kier molecular flexibility index (Phi) is 4.90. The van der Waals surface area contributed by atoms with Crippen LogP contribution in [0.4, 0.5) is 11.4 Å². The Bertz CT molecular complexity index is 679. The van der Waals surface area contributed by atoms with Gasteiger partial charge in [-0.25, -0.2) is 0 Å². The van der Waals surface area contributed by atoms with Crippen molar-refractivity contribution in [2.24, 2.45) is 0 Å². The van der Waals surface area contributed by atoms with Crippen molar-refractivity contribution in [3.63, 3.8) is 0 Å². The van der Waals surface area contributed by atoms with Crippen LogP contribution in [-0.4, -0.2) is 13.0 Å². The molecule has 0 unspecified atom stereocenters. The summed E-state index contributed by atoms with van der Waals surface area (Å²) in [5, 5.41) is 2.86. The zero-order valence-electron chi connectivity index (χ0n) is 11.5. The van der Waals surface area contributed by atoms with E-state index in [2.05, 4.69) is 37.2 Å². The average Bonchev–Trinajstić information content (AvgIpc) is 2.42. The van der Waals surface area contributed by atoms with E-state index in [0.29, 0.717) is 22.7 Å². The number of carbonyl (C=O) groups is 1. The number of nitrogens with one attached hydrogen (secondary N) is 1. The van der Waals surface area contributed by atoms with Crippen LogP contribution in [0.25, 0.3) is 0 Å². The number of hydrogen-bond donors (Lipinski definition) is 2. The lowest BCUT2D eigenvalue weighted by Crippen LogP contribution is -2.14. The number of aryl methyl sites for hydroxylation is 1. The lowest BCUT2D eigenvalue weighted by atomic mass is 10.1. The third-order valence-corrected chi connectivity index (χ3v) is 4.17. The molecule has 0 atom stereocenters. The quantitative estimate of drug-likeness (QED) is 0.734. The summed E-state index contributed by atoms with van der Waals surface area (Å²) in [6.07, 6.45) is 0. The lowest BCUT2D eigenvalue weighted by Gasteiger charge is -2.13. The van der Waals surface area contributed by atoms with Gasteiger partial charge < -0.3 is 15.8 Å². The molecule has 21 heavy (non-hydrogen) atoms. The first-order valence-corrected chi connectivity index (χ1v) is 7.72. The Balaban J connectivity index is 2.38. The molecule has 0 aliphatic carbocycles. The van der Waals surface area contributed by atoms with Gasteiger partial charge in [-0.3, -0.25) is 4.79 Å². The van der Waals surface area contributed by atoms with Gasteiger partial charge in [0.05, 0.1) is 24.0 Å². The van der Waals surface area contributed by atoms with E-state index in [1.54, 1.807) is 18.2 Å². The molecular weight excluding hydrogens is 400 g/mol. The molecule has 0 saturated carbocycles. The minimum absolute atomic E-state index is 0.288. The lowest BCUT2D eigenvalue weighted by molar-refractivity contribution is 0.102. The molecular formula is C15H14Br2N2O2. The summed E-state index contributed by atoms with van der Waals surface area (Å²) < 4.78 is 6.80. The Morgan fingerprint density at radius 1 is 1.24 bits per heavy atom. The van der Waals surface area contributed by atoms with Crippen LogP contribution < -0.4 is 15.8 Å². The smallest absolute Gasteiger partial charge is 0.259 e. The van der Waals surface area contributed by atoms with Gasteiger partial charge in [0.25, 0.3) is 5.91 Å². The van der Waals surface area contributed by atoms with Crippen molar-refractivity contribution in [2.75, 3.05) is 18.2 Å². The molecule has 0 radical (unpaired) electrons. The van der Waals surface area contributed by atoms with Crippen molar-refractivity contribution in [3.05, 3.63) is 50.4 Å². The highest BCUT2D eigenvalue weighted by Gasteiger charge is 2.17. The number of nitrogen functional groups attached to an aromatic ring is 1. The van der Waals surface area contributed by atoms with Crippen molar-refractivity contribution < 1.29 is 9.53 Å². The Hall–Kier alpha value is -1.53. The number of amides is 1. The fourth-order valence-corrected chi connectivity index (χ4v) is 3.58. The molecule has 0 bridgehead atoms. The predicted octanol–water partition coefficient (Wildman–Crippen LogP) is 4.36.